The minimum absolute atomic E-state index is 0.155. The largest absolute Gasteiger partial charge is 0.493 e. The highest BCUT2D eigenvalue weighted by atomic mass is 32.2. The Bertz CT molecular complexity index is 1070. The summed E-state index contributed by atoms with van der Waals surface area (Å²) in [5.41, 5.74) is 1.41. The molecular formula is C22H24N4O2S. The van der Waals surface area contributed by atoms with Gasteiger partial charge in [-0.3, -0.25) is 15.1 Å². The molecule has 29 heavy (non-hydrogen) atoms. The summed E-state index contributed by atoms with van der Waals surface area (Å²) in [4.78, 5) is 18.0. The summed E-state index contributed by atoms with van der Waals surface area (Å²) in [6.45, 7) is 4.80. The fourth-order valence-corrected chi connectivity index (χ4v) is 4.04. The predicted molar refractivity (Wildman–Crippen MR) is 116 cm³/mol. The fraction of sp³-hybridized carbons (Fsp3) is 0.318. The Morgan fingerprint density at radius 1 is 1.10 bits per heavy atom. The van der Waals surface area contributed by atoms with Gasteiger partial charge in [0.15, 0.2) is 11.3 Å². The van der Waals surface area contributed by atoms with Crippen LogP contribution < -0.4 is 20.6 Å². The van der Waals surface area contributed by atoms with Gasteiger partial charge in [-0.15, -0.1) is 5.10 Å². The Morgan fingerprint density at radius 2 is 1.90 bits per heavy atom. The van der Waals surface area contributed by atoms with Crippen LogP contribution in [0.5, 0.6) is 5.75 Å². The standard InChI is InChI=1S/C22H24N4O2S/c1-3-13-28-18-12-8-6-10-16(18)20-23-17-11-7-5-9-15(17)19-21(27)24-22(25-26(19)20)29-14-4-2/h5-12,20H,3-4,13-14H2,1-2H3,(H,24,25,27). The molecule has 0 spiro atoms. The molecule has 1 N–H and O–H groups in total. The van der Waals surface area contributed by atoms with Crippen LogP contribution in [0.1, 0.15) is 38.4 Å². The molecule has 0 saturated heterocycles. The maximum absolute atomic E-state index is 13.0. The van der Waals surface area contributed by atoms with E-state index < -0.39 is 6.17 Å². The number of hydrogen-bond acceptors (Lipinski definition) is 6. The molecule has 4 rings (SSSR count). The van der Waals surface area contributed by atoms with Crippen molar-refractivity contribution >= 4 is 28.5 Å². The van der Waals surface area contributed by atoms with E-state index in [1.54, 1.807) is 16.8 Å². The SMILES string of the molecule is CCCOc1ccccc1C1N=c2ccccc2=C2C(=O)NC(SCCC)=NN21. The first-order chi connectivity index (χ1) is 14.2. The highest BCUT2D eigenvalue weighted by Gasteiger charge is 2.35. The third kappa shape index (κ3) is 3.87. The molecule has 2 heterocycles. The number of amidine groups is 1. The molecule has 2 aliphatic rings. The maximum atomic E-state index is 13.0. The Balaban J connectivity index is 1.87. The number of para-hydroxylation sites is 2. The molecule has 0 radical (unpaired) electrons. The minimum Gasteiger partial charge on any atom is -0.493 e. The molecule has 0 saturated carbocycles. The molecule has 2 aliphatic heterocycles. The Hall–Kier alpha value is -2.80. The Kier molecular flexibility index (Phi) is 5.85. The van der Waals surface area contributed by atoms with Crippen LogP contribution in [-0.2, 0) is 4.79 Å². The molecule has 150 valence electrons. The normalized spacial score (nSPS) is 17.7. The number of ether oxygens (including phenoxy) is 1. The van der Waals surface area contributed by atoms with Crippen LogP contribution in [0.4, 0.5) is 0 Å². The zero-order valence-electron chi connectivity index (χ0n) is 16.6. The fourth-order valence-electron chi connectivity index (χ4n) is 3.33. The molecule has 0 aromatic heterocycles. The summed E-state index contributed by atoms with van der Waals surface area (Å²) >= 11 is 1.54. The van der Waals surface area contributed by atoms with Gasteiger partial charge in [0.1, 0.15) is 11.4 Å². The van der Waals surface area contributed by atoms with Crippen molar-refractivity contribution in [3.63, 3.8) is 0 Å². The number of carbonyl (C=O) groups is 1. The lowest BCUT2D eigenvalue weighted by Gasteiger charge is -2.34. The molecule has 0 aliphatic carbocycles. The average Bonchev–Trinajstić information content (AvgIpc) is 2.75. The zero-order chi connectivity index (χ0) is 20.2. The second kappa shape index (κ2) is 8.69. The third-order valence-electron chi connectivity index (χ3n) is 4.62. The number of carbonyl (C=O) groups excluding carboxylic acids is 1. The van der Waals surface area contributed by atoms with Crippen LogP contribution in [0.15, 0.2) is 58.6 Å². The molecule has 0 bridgehead atoms. The first-order valence-electron chi connectivity index (χ1n) is 9.93. The van der Waals surface area contributed by atoms with Crippen molar-refractivity contribution in [2.75, 3.05) is 12.4 Å². The average molecular weight is 409 g/mol. The van der Waals surface area contributed by atoms with Crippen LogP contribution in [-0.4, -0.2) is 28.4 Å². The molecule has 7 heteroatoms. The summed E-state index contributed by atoms with van der Waals surface area (Å²) in [5.74, 6) is 1.50. The molecule has 1 amide bonds. The summed E-state index contributed by atoms with van der Waals surface area (Å²) in [6, 6.07) is 15.5. The summed E-state index contributed by atoms with van der Waals surface area (Å²) < 4.78 is 5.98. The second-order valence-electron chi connectivity index (χ2n) is 6.81. The van der Waals surface area contributed by atoms with Crippen LogP contribution in [0.2, 0.25) is 0 Å². The molecular weight excluding hydrogens is 384 g/mol. The summed E-state index contributed by atoms with van der Waals surface area (Å²) in [5, 5.41) is 11.6. The number of nitrogens with one attached hydrogen (secondary N) is 1. The molecule has 2 aromatic carbocycles. The van der Waals surface area contributed by atoms with E-state index in [1.807, 2.05) is 48.5 Å². The van der Waals surface area contributed by atoms with Gasteiger partial charge in [0.2, 0.25) is 0 Å². The number of hydrazone groups is 1. The van der Waals surface area contributed by atoms with E-state index in [0.717, 1.165) is 40.5 Å². The van der Waals surface area contributed by atoms with Gasteiger partial charge in [-0.25, -0.2) is 5.01 Å². The number of amides is 1. The van der Waals surface area contributed by atoms with Gasteiger partial charge in [-0.2, -0.15) is 0 Å². The van der Waals surface area contributed by atoms with E-state index in [9.17, 15) is 4.79 Å². The Morgan fingerprint density at radius 3 is 2.72 bits per heavy atom. The molecule has 0 fully saturated rings. The van der Waals surface area contributed by atoms with Crippen molar-refractivity contribution in [1.82, 2.24) is 10.3 Å². The van der Waals surface area contributed by atoms with Crippen molar-refractivity contribution < 1.29 is 9.53 Å². The lowest BCUT2D eigenvalue weighted by Crippen LogP contribution is -2.50. The number of fused-ring (bicyclic) bond motifs is 2. The summed E-state index contributed by atoms with van der Waals surface area (Å²) in [7, 11) is 0. The van der Waals surface area contributed by atoms with Crippen LogP contribution in [0.25, 0.3) is 5.70 Å². The number of hydrogen-bond donors (Lipinski definition) is 1. The number of rotatable bonds is 6. The quantitative estimate of drug-likeness (QED) is 0.798. The molecule has 1 unspecified atom stereocenters. The first-order valence-corrected chi connectivity index (χ1v) is 10.9. The van der Waals surface area contributed by atoms with E-state index in [4.69, 9.17) is 14.8 Å². The van der Waals surface area contributed by atoms with Crippen LogP contribution in [0, 0.1) is 0 Å². The van der Waals surface area contributed by atoms with E-state index in [1.165, 1.54) is 0 Å². The van der Waals surface area contributed by atoms with Crippen LogP contribution in [0.3, 0.4) is 0 Å². The number of benzene rings is 2. The lowest BCUT2D eigenvalue weighted by atomic mass is 10.1. The van der Waals surface area contributed by atoms with Gasteiger partial charge < -0.3 is 4.74 Å². The van der Waals surface area contributed by atoms with E-state index in [-0.39, 0.29) is 5.91 Å². The molecule has 2 aromatic rings. The third-order valence-corrected chi connectivity index (χ3v) is 5.69. The molecule has 1 atom stereocenters. The van der Waals surface area contributed by atoms with Crippen LogP contribution >= 0.6 is 11.8 Å². The molecule has 6 nitrogen and oxygen atoms in total. The second-order valence-corrected chi connectivity index (χ2v) is 7.89. The van der Waals surface area contributed by atoms with E-state index in [0.29, 0.717) is 17.5 Å². The smallest absolute Gasteiger partial charge is 0.276 e. The topological polar surface area (TPSA) is 66.3 Å². The predicted octanol–water partition coefficient (Wildman–Crippen LogP) is 2.76. The number of nitrogens with zero attached hydrogens (tertiary/aromatic N) is 3. The lowest BCUT2D eigenvalue weighted by molar-refractivity contribution is -0.116. The van der Waals surface area contributed by atoms with Crippen molar-refractivity contribution in [2.24, 2.45) is 10.1 Å². The monoisotopic (exact) mass is 408 g/mol. The van der Waals surface area contributed by atoms with Gasteiger partial charge in [-0.1, -0.05) is 62.0 Å². The minimum atomic E-state index is -0.462. The van der Waals surface area contributed by atoms with Gasteiger partial charge in [-0.05, 0) is 25.0 Å². The highest BCUT2D eigenvalue weighted by molar-refractivity contribution is 8.13. The van der Waals surface area contributed by atoms with E-state index in [2.05, 4.69) is 19.2 Å². The van der Waals surface area contributed by atoms with Crippen molar-refractivity contribution in [3.8, 4) is 5.75 Å². The number of thioether (sulfide) groups is 1. The van der Waals surface area contributed by atoms with Crippen molar-refractivity contribution in [3.05, 3.63) is 64.7 Å². The van der Waals surface area contributed by atoms with Crippen molar-refractivity contribution in [2.45, 2.75) is 32.9 Å². The Labute approximate surface area is 174 Å². The maximum Gasteiger partial charge on any atom is 0.276 e. The van der Waals surface area contributed by atoms with E-state index >= 15 is 0 Å². The van der Waals surface area contributed by atoms with Crippen molar-refractivity contribution in [1.29, 1.82) is 0 Å². The van der Waals surface area contributed by atoms with Gasteiger partial charge in [0, 0.05) is 16.5 Å². The van der Waals surface area contributed by atoms with Gasteiger partial charge in [0.05, 0.1) is 12.0 Å². The van der Waals surface area contributed by atoms with Gasteiger partial charge in [0.25, 0.3) is 5.91 Å². The van der Waals surface area contributed by atoms with Gasteiger partial charge >= 0.3 is 0 Å². The highest BCUT2D eigenvalue weighted by Crippen LogP contribution is 2.35. The first kappa shape index (κ1) is 19.5. The zero-order valence-corrected chi connectivity index (χ0v) is 17.4. The summed E-state index contributed by atoms with van der Waals surface area (Å²) in [6.07, 6.45) is 1.45.